The van der Waals surface area contributed by atoms with Crippen molar-refractivity contribution in [2.45, 2.75) is 0 Å². The van der Waals surface area contributed by atoms with Crippen LogP contribution >= 0.6 is 34.0 Å². The maximum atomic E-state index is 5.04. The van der Waals surface area contributed by atoms with Crippen molar-refractivity contribution in [3.63, 3.8) is 0 Å². The summed E-state index contributed by atoms with van der Waals surface area (Å²) in [5.41, 5.74) is 25.7. The van der Waals surface area contributed by atoms with Crippen LogP contribution < -0.4 is 0 Å². The van der Waals surface area contributed by atoms with Crippen LogP contribution in [0, 0.1) is 0 Å². The molecule has 0 aliphatic carbocycles. The minimum Gasteiger partial charge on any atom is -0.308 e. The molecule has 562 valence electrons. The fourth-order valence-electron chi connectivity index (χ4n) is 18.0. The molecule has 18 aromatic carbocycles. The van der Waals surface area contributed by atoms with Crippen LogP contribution in [-0.2, 0) is 0 Å². The third-order valence-corrected chi connectivity index (χ3v) is 27.2. The molecule has 0 aliphatic rings. The summed E-state index contributed by atoms with van der Waals surface area (Å²) in [6.45, 7) is 0. The van der Waals surface area contributed by atoms with Gasteiger partial charge in [-0.15, -0.1) is 34.0 Å². The molecule has 0 fully saturated rings. The first-order valence-corrected chi connectivity index (χ1v) is 43.1. The van der Waals surface area contributed by atoms with Crippen LogP contribution in [0.3, 0.4) is 0 Å². The normalized spacial score (nSPS) is 11.7. The molecule has 5 nitrogen and oxygen atoms in total. The number of nitrogens with zero attached hydrogens (tertiary/aromatic N) is 5. The first kappa shape index (κ1) is 70.5. The first-order chi connectivity index (χ1) is 59.5. The fourth-order valence-corrected chi connectivity index (χ4v) is 21.7. The summed E-state index contributed by atoms with van der Waals surface area (Å²) >= 11 is 5.66. The Kier molecular flexibility index (Phi) is 17.4. The summed E-state index contributed by atoms with van der Waals surface area (Å²) in [5.74, 6) is 0.714. The highest BCUT2D eigenvalue weighted by Crippen LogP contribution is 2.48. The first-order valence-electron chi connectivity index (χ1n) is 40.7. The van der Waals surface area contributed by atoms with Gasteiger partial charge in [0.15, 0.2) is 5.82 Å². The zero-order valence-electron chi connectivity index (χ0n) is 65.0. The summed E-state index contributed by atoms with van der Waals surface area (Å²) in [6.07, 6.45) is 0. The highest BCUT2D eigenvalue weighted by molar-refractivity contribution is 7.27. The van der Waals surface area contributed by atoms with Crippen LogP contribution in [0.1, 0.15) is 0 Å². The number of hydrogen-bond acceptors (Lipinski definition) is 5. The van der Waals surface area contributed by atoms with E-state index in [1.165, 1.54) is 182 Å². The molecule has 7 heterocycles. The van der Waals surface area contributed by atoms with Gasteiger partial charge in [0.25, 0.3) is 0 Å². The van der Waals surface area contributed by atoms with Gasteiger partial charge in [0.05, 0.1) is 58.6 Å². The molecule has 0 spiro atoms. The van der Waals surface area contributed by atoms with Crippen molar-refractivity contribution in [2.75, 3.05) is 0 Å². The lowest BCUT2D eigenvalue weighted by molar-refractivity contribution is 1.17. The van der Waals surface area contributed by atoms with Gasteiger partial charge in [-0.2, -0.15) is 0 Å². The maximum Gasteiger partial charge on any atom is 0.160 e. The van der Waals surface area contributed by atoms with E-state index in [4.69, 9.17) is 9.97 Å². The SMILES string of the molecule is c1ccc(-c2cc(-c3ccccc3)cc(-c3cccc(-n4c5ccccc5c5ccc6c7ccccc7sc6c54)c3)c2)cc1.c1ccc(-c2cc(-c3ccccc3)nc(-c3ccc(-n4c5ccccc5c5ccc6c7ccccc7sc6c54)cc3)n2)cc1.c1ccc(-c2ccc(-n3c4ccccc4c4ccc5c6ccccc6sc5c43)cc2)cc1. The third kappa shape index (κ3) is 12.3. The lowest BCUT2D eigenvalue weighted by Crippen LogP contribution is -1.97. The largest absolute Gasteiger partial charge is 0.308 e. The highest BCUT2D eigenvalue weighted by atomic mass is 32.1. The quantitative estimate of drug-likeness (QED) is 0.137. The molecule has 8 heteroatoms. The van der Waals surface area contributed by atoms with Crippen molar-refractivity contribution in [2.24, 2.45) is 0 Å². The Bertz CT molecular complexity index is 8130. The van der Waals surface area contributed by atoms with E-state index in [0.29, 0.717) is 5.82 Å². The van der Waals surface area contributed by atoms with E-state index < -0.39 is 0 Å². The molecule has 0 N–H and O–H groups in total. The number of thiophene rings is 3. The molecule has 7 aromatic heterocycles. The number of benzene rings is 18. The van der Waals surface area contributed by atoms with Gasteiger partial charge in [0.1, 0.15) is 0 Å². The highest BCUT2D eigenvalue weighted by Gasteiger charge is 2.23. The number of para-hydroxylation sites is 3. The van der Waals surface area contributed by atoms with Crippen molar-refractivity contribution in [3.8, 4) is 95.5 Å². The predicted octanol–water partition coefficient (Wildman–Crippen LogP) is 31.9. The molecule has 120 heavy (non-hydrogen) atoms. The molecule has 0 atom stereocenters. The number of rotatable bonds is 10. The molecule has 25 aromatic rings. The van der Waals surface area contributed by atoms with E-state index in [0.717, 1.165) is 33.8 Å². The van der Waals surface area contributed by atoms with E-state index in [-0.39, 0.29) is 0 Å². The molecular weight excluding hydrogens is 1510 g/mol. The monoisotopic (exact) mass is 1580 g/mol. The summed E-state index contributed by atoms with van der Waals surface area (Å²) in [5, 5.41) is 15.7. The van der Waals surface area contributed by atoms with Crippen molar-refractivity contribution < 1.29 is 0 Å². The zero-order chi connectivity index (χ0) is 79.1. The smallest absolute Gasteiger partial charge is 0.160 e. The predicted molar refractivity (Wildman–Crippen MR) is 515 cm³/mol. The Balaban J connectivity index is 0.000000107. The standard InChI is InChI=1S/C42H27NS.C40H25N3S.C30H19NS/c1-3-12-28(13-4-1)31-24-32(29-14-5-2-6-15-29)26-33(25-31)30-16-11-17-34(27-30)43-39-20-9-7-18-35(39)37-22-23-38-36-19-8-10-21-40(36)44-42(38)41(37)43;1-3-11-26(12-4-1)34-25-35(27-13-5-2-6-14-27)42-40(41-34)28-19-21-29(22-20-28)43-36-17-9-7-15-30(36)32-23-24-33-31-16-8-10-18-37(31)44-39(33)38(32)43;1-2-8-20(9-3-1)21-14-16-22(17-15-21)31-27-12-6-4-10-23(27)25-18-19-26-24-11-5-7-13-28(24)32-30(26)29(25)31/h1-27H;1-25H;1-19H. The van der Waals surface area contributed by atoms with Gasteiger partial charge in [0.2, 0.25) is 0 Å². The molecule has 25 rings (SSSR count). The molecule has 0 saturated heterocycles. The Morgan fingerprint density at radius 1 is 0.167 bits per heavy atom. The van der Waals surface area contributed by atoms with E-state index in [1.807, 2.05) is 70.4 Å². The second-order valence-electron chi connectivity index (χ2n) is 30.6. The lowest BCUT2D eigenvalue weighted by atomic mass is 9.93. The zero-order valence-corrected chi connectivity index (χ0v) is 67.4. The summed E-state index contributed by atoms with van der Waals surface area (Å²) in [7, 11) is 0. The van der Waals surface area contributed by atoms with Gasteiger partial charge in [-0.3, -0.25) is 0 Å². The van der Waals surface area contributed by atoms with E-state index in [2.05, 4.69) is 408 Å². The Hall–Kier alpha value is -14.9. The van der Waals surface area contributed by atoms with Gasteiger partial charge >= 0.3 is 0 Å². The van der Waals surface area contributed by atoms with Crippen molar-refractivity contribution in [1.82, 2.24) is 23.7 Å². The van der Waals surface area contributed by atoms with Crippen LogP contribution in [-0.4, -0.2) is 23.7 Å². The van der Waals surface area contributed by atoms with E-state index in [1.54, 1.807) is 0 Å². The Morgan fingerprint density at radius 2 is 0.450 bits per heavy atom. The summed E-state index contributed by atoms with van der Waals surface area (Å²) in [4.78, 5) is 10.1. The second-order valence-corrected chi connectivity index (χ2v) is 33.8. The van der Waals surface area contributed by atoms with E-state index >= 15 is 0 Å². The molecule has 0 unspecified atom stereocenters. The number of hydrogen-bond donors (Lipinski definition) is 0. The second kappa shape index (κ2) is 29.7. The van der Waals surface area contributed by atoms with Gasteiger partial charge in [-0.1, -0.05) is 322 Å². The maximum absolute atomic E-state index is 5.04. The molecule has 0 aliphatic heterocycles. The summed E-state index contributed by atoms with van der Waals surface area (Å²) < 4.78 is 15.3. The molecule has 0 amide bonds. The van der Waals surface area contributed by atoms with Crippen LogP contribution in [0.4, 0.5) is 0 Å². The summed E-state index contributed by atoms with van der Waals surface area (Å²) in [6, 6.07) is 155. The number of aromatic nitrogens is 5. The van der Waals surface area contributed by atoms with Gasteiger partial charge in [-0.05, 0) is 154 Å². The topological polar surface area (TPSA) is 40.6 Å². The average Bonchev–Trinajstić information content (AvgIpc) is 1.57. The third-order valence-electron chi connectivity index (χ3n) is 23.6. The van der Waals surface area contributed by atoms with Gasteiger partial charge in [0, 0.05) is 112 Å². The van der Waals surface area contributed by atoms with Crippen molar-refractivity contribution in [3.05, 3.63) is 431 Å². The molecule has 0 saturated carbocycles. The molecular formula is C112H71N5S3. The average molecular weight is 1580 g/mol. The van der Waals surface area contributed by atoms with Gasteiger partial charge < -0.3 is 13.7 Å². The Morgan fingerprint density at radius 3 is 0.833 bits per heavy atom. The van der Waals surface area contributed by atoms with Crippen LogP contribution in [0.15, 0.2) is 431 Å². The molecule has 0 radical (unpaired) electrons. The minimum absolute atomic E-state index is 0.714. The van der Waals surface area contributed by atoms with Gasteiger partial charge in [-0.25, -0.2) is 9.97 Å². The van der Waals surface area contributed by atoms with Crippen molar-refractivity contribution in [1.29, 1.82) is 0 Å². The van der Waals surface area contributed by atoms with Crippen LogP contribution in [0.25, 0.3) is 221 Å². The van der Waals surface area contributed by atoms with E-state index in [9.17, 15) is 0 Å². The fraction of sp³-hybridized carbons (Fsp3) is 0. The number of fused-ring (bicyclic) bond motifs is 21. The van der Waals surface area contributed by atoms with Crippen LogP contribution in [0.2, 0.25) is 0 Å². The van der Waals surface area contributed by atoms with Crippen molar-refractivity contribution >= 4 is 160 Å². The van der Waals surface area contributed by atoms with Crippen LogP contribution in [0.5, 0.6) is 0 Å². The minimum atomic E-state index is 0.714. The lowest BCUT2D eigenvalue weighted by Gasteiger charge is -2.14. The molecule has 0 bridgehead atoms. The Labute approximate surface area is 704 Å².